The Bertz CT molecular complexity index is 986. The van der Waals surface area contributed by atoms with Gasteiger partial charge in [-0.15, -0.1) is 0 Å². The van der Waals surface area contributed by atoms with E-state index in [0.717, 1.165) is 0 Å². The second kappa shape index (κ2) is 7.99. The Labute approximate surface area is 154 Å². The monoisotopic (exact) mass is 372 g/mol. The number of anilines is 2. The smallest absolute Gasteiger partial charge is 0.349 e. The average Bonchev–Trinajstić information content (AvgIpc) is 2.63. The highest BCUT2D eigenvalue weighted by Gasteiger charge is 2.14. The number of hydrogen-bond acceptors (Lipinski definition) is 4. The normalized spacial score (nSPS) is 10.7. The van der Waals surface area contributed by atoms with Gasteiger partial charge in [-0.3, -0.25) is 9.88 Å². The van der Waals surface area contributed by atoms with Crippen LogP contribution in [0.5, 0.6) is 0 Å². The molecule has 0 spiro atoms. The van der Waals surface area contributed by atoms with E-state index in [0.29, 0.717) is 34.0 Å². The fourth-order valence-corrected chi connectivity index (χ4v) is 2.63. The number of nitrogens with zero attached hydrogens (tertiary/aromatic N) is 2. The van der Waals surface area contributed by atoms with Gasteiger partial charge in [0, 0.05) is 23.2 Å². The van der Waals surface area contributed by atoms with E-state index >= 15 is 0 Å². The quantitative estimate of drug-likeness (QED) is 0.719. The molecule has 2 N–H and O–H groups in total. The second-order valence-electron chi connectivity index (χ2n) is 5.49. The molecule has 0 aliphatic rings. The molecule has 3 aromatic rings. The first-order valence-corrected chi connectivity index (χ1v) is 8.28. The molecule has 2 amide bonds. The first kappa shape index (κ1) is 17.9. The highest BCUT2D eigenvalue weighted by molar-refractivity contribution is 6.30. The molecule has 7 nitrogen and oxygen atoms in total. The minimum Gasteiger partial charge on any atom is -0.383 e. The van der Waals surface area contributed by atoms with Crippen LogP contribution in [-0.2, 0) is 11.3 Å². The van der Waals surface area contributed by atoms with Crippen molar-refractivity contribution in [3.05, 3.63) is 64.0 Å². The molecule has 1 aromatic heterocycles. The predicted molar refractivity (Wildman–Crippen MR) is 102 cm³/mol. The lowest BCUT2D eigenvalue weighted by molar-refractivity contribution is 0.186. The molecule has 0 aliphatic heterocycles. The fourth-order valence-electron chi connectivity index (χ4n) is 2.50. The number of amides is 2. The molecule has 8 heteroatoms. The van der Waals surface area contributed by atoms with E-state index in [2.05, 4.69) is 15.6 Å². The van der Waals surface area contributed by atoms with E-state index in [-0.39, 0.29) is 6.54 Å². The summed E-state index contributed by atoms with van der Waals surface area (Å²) in [6.07, 6.45) is 0. The van der Waals surface area contributed by atoms with Crippen molar-refractivity contribution in [2.24, 2.45) is 0 Å². The lowest BCUT2D eigenvalue weighted by Crippen LogP contribution is -2.30. The predicted octanol–water partition coefficient (Wildman–Crippen LogP) is 3.34. The number of para-hydroxylation sites is 1. The summed E-state index contributed by atoms with van der Waals surface area (Å²) in [7, 11) is 1.54. The van der Waals surface area contributed by atoms with E-state index in [1.165, 1.54) is 4.57 Å². The van der Waals surface area contributed by atoms with Gasteiger partial charge in [0.2, 0.25) is 0 Å². The SMILES string of the molecule is COCCn1c(NC(=O)Nc2ccc(Cl)cc2)c2ccccc2nc1=O. The summed E-state index contributed by atoms with van der Waals surface area (Å²) in [6.45, 7) is 0.580. The molecule has 26 heavy (non-hydrogen) atoms. The molecule has 0 atom stereocenters. The van der Waals surface area contributed by atoms with Crippen LogP contribution in [0.25, 0.3) is 10.9 Å². The van der Waals surface area contributed by atoms with Gasteiger partial charge in [-0.05, 0) is 36.4 Å². The summed E-state index contributed by atoms with van der Waals surface area (Å²) in [5, 5.41) is 6.70. The lowest BCUT2D eigenvalue weighted by Gasteiger charge is -2.16. The van der Waals surface area contributed by atoms with Crippen LogP contribution in [0.4, 0.5) is 16.3 Å². The largest absolute Gasteiger partial charge is 0.383 e. The molecule has 134 valence electrons. The molecule has 0 saturated carbocycles. The maximum absolute atomic E-state index is 12.4. The molecule has 0 aliphatic carbocycles. The fraction of sp³-hybridized carbons (Fsp3) is 0.167. The molecule has 0 unspecified atom stereocenters. The summed E-state index contributed by atoms with van der Waals surface area (Å²) >= 11 is 5.84. The van der Waals surface area contributed by atoms with Crippen LogP contribution in [-0.4, -0.2) is 29.3 Å². The maximum atomic E-state index is 12.4. The molecule has 0 saturated heterocycles. The summed E-state index contributed by atoms with van der Waals surface area (Å²) < 4.78 is 6.43. The standard InChI is InChI=1S/C18H17ClN4O3/c1-26-11-10-23-16(14-4-2-3-5-15(14)21-18(23)25)22-17(24)20-13-8-6-12(19)7-9-13/h2-9H,10-11H2,1H3,(H2,20,22,24). The Morgan fingerprint density at radius 3 is 2.62 bits per heavy atom. The van der Waals surface area contributed by atoms with Crippen LogP contribution in [0, 0.1) is 0 Å². The second-order valence-corrected chi connectivity index (χ2v) is 5.93. The molecule has 0 bridgehead atoms. The number of ether oxygens (including phenoxy) is 1. The molecular formula is C18H17ClN4O3. The van der Waals surface area contributed by atoms with Crippen LogP contribution >= 0.6 is 11.6 Å². The highest BCUT2D eigenvalue weighted by atomic mass is 35.5. The molecule has 0 radical (unpaired) electrons. The lowest BCUT2D eigenvalue weighted by atomic mass is 10.2. The van der Waals surface area contributed by atoms with Gasteiger partial charge in [0.05, 0.1) is 18.7 Å². The van der Waals surface area contributed by atoms with Gasteiger partial charge in [-0.1, -0.05) is 23.7 Å². The molecular weight excluding hydrogens is 356 g/mol. The number of methoxy groups -OCH3 is 1. The zero-order chi connectivity index (χ0) is 18.5. The third-order valence-electron chi connectivity index (χ3n) is 3.73. The first-order valence-electron chi connectivity index (χ1n) is 7.90. The van der Waals surface area contributed by atoms with Gasteiger partial charge >= 0.3 is 11.7 Å². The minimum atomic E-state index is -0.478. The van der Waals surface area contributed by atoms with Crippen molar-refractivity contribution in [3.8, 4) is 0 Å². The Morgan fingerprint density at radius 2 is 1.88 bits per heavy atom. The van der Waals surface area contributed by atoms with Crippen LogP contribution in [0.2, 0.25) is 5.02 Å². The van der Waals surface area contributed by atoms with E-state index in [1.54, 1.807) is 49.6 Å². The van der Waals surface area contributed by atoms with Gasteiger partial charge in [-0.2, -0.15) is 4.98 Å². The van der Waals surface area contributed by atoms with Crippen molar-refractivity contribution in [2.45, 2.75) is 6.54 Å². The number of urea groups is 1. The van der Waals surface area contributed by atoms with Gasteiger partial charge < -0.3 is 10.1 Å². The highest BCUT2D eigenvalue weighted by Crippen LogP contribution is 2.20. The molecule has 3 rings (SSSR count). The Hall–Kier alpha value is -2.90. The first-order chi connectivity index (χ1) is 12.6. The van der Waals surface area contributed by atoms with E-state index in [4.69, 9.17) is 16.3 Å². The van der Waals surface area contributed by atoms with Crippen LogP contribution in [0.1, 0.15) is 0 Å². The van der Waals surface area contributed by atoms with Gasteiger partial charge in [0.1, 0.15) is 5.82 Å². The number of halogens is 1. The molecule has 2 aromatic carbocycles. The van der Waals surface area contributed by atoms with Gasteiger partial charge in [0.25, 0.3) is 0 Å². The number of benzene rings is 2. The van der Waals surface area contributed by atoms with E-state index in [1.807, 2.05) is 6.07 Å². The Kier molecular flexibility index (Phi) is 5.50. The third-order valence-corrected chi connectivity index (χ3v) is 3.98. The zero-order valence-corrected chi connectivity index (χ0v) is 14.8. The third kappa shape index (κ3) is 4.01. The van der Waals surface area contributed by atoms with Crippen LogP contribution in [0.3, 0.4) is 0 Å². The maximum Gasteiger partial charge on any atom is 0.349 e. The van der Waals surface area contributed by atoms with Crippen molar-refractivity contribution < 1.29 is 9.53 Å². The van der Waals surface area contributed by atoms with Crippen molar-refractivity contribution in [3.63, 3.8) is 0 Å². The zero-order valence-electron chi connectivity index (χ0n) is 14.0. The average molecular weight is 373 g/mol. The minimum absolute atomic E-state index is 0.268. The summed E-state index contributed by atoms with van der Waals surface area (Å²) in [5.41, 5.74) is 0.631. The Morgan fingerprint density at radius 1 is 1.15 bits per heavy atom. The van der Waals surface area contributed by atoms with Crippen molar-refractivity contribution in [2.75, 3.05) is 24.4 Å². The van der Waals surface area contributed by atoms with Crippen LogP contribution in [0.15, 0.2) is 53.3 Å². The summed E-state index contributed by atoms with van der Waals surface area (Å²) in [4.78, 5) is 28.8. The number of hydrogen-bond donors (Lipinski definition) is 2. The van der Waals surface area contributed by atoms with Crippen molar-refractivity contribution in [1.29, 1.82) is 0 Å². The number of rotatable bonds is 5. The summed E-state index contributed by atoms with van der Waals surface area (Å²) in [5.74, 6) is 0.365. The molecule has 1 heterocycles. The van der Waals surface area contributed by atoms with E-state index in [9.17, 15) is 9.59 Å². The van der Waals surface area contributed by atoms with Crippen LogP contribution < -0.4 is 16.3 Å². The van der Waals surface area contributed by atoms with E-state index < -0.39 is 11.7 Å². The number of carbonyl (C=O) groups is 1. The van der Waals surface area contributed by atoms with Crippen molar-refractivity contribution >= 4 is 40.0 Å². The summed E-state index contributed by atoms with van der Waals surface area (Å²) in [6, 6.07) is 13.4. The number of aromatic nitrogens is 2. The van der Waals surface area contributed by atoms with Gasteiger partial charge in [-0.25, -0.2) is 9.59 Å². The molecule has 0 fully saturated rings. The van der Waals surface area contributed by atoms with Crippen molar-refractivity contribution in [1.82, 2.24) is 9.55 Å². The Balaban J connectivity index is 1.95. The topological polar surface area (TPSA) is 85.2 Å². The number of nitrogens with one attached hydrogen (secondary N) is 2. The number of fused-ring (bicyclic) bond motifs is 1. The van der Waals surface area contributed by atoms with Gasteiger partial charge in [0.15, 0.2) is 0 Å². The number of carbonyl (C=O) groups excluding carboxylic acids is 1.